The number of hydrogen-bond acceptors (Lipinski definition) is 6. The van der Waals surface area contributed by atoms with Crippen molar-refractivity contribution in [1.82, 2.24) is 0 Å². The molecule has 1 rings (SSSR count). The summed E-state index contributed by atoms with van der Waals surface area (Å²) >= 11 is 0. The lowest BCUT2D eigenvalue weighted by molar-refractivity contribution is 0.124. The van der Waals surface area contributed by atoms with Crippen LogP contribution in [0.25, 0.3) is 0 Å². The van der Waals surface area contributed by atoms with Gasteiger partial charge in [-0.25, -0.2) is 0 Å². The van der Waals surface area contributed by atoms with E-state index in [1.165, 1.54) is 18.8 Å². The summed E-state index contributed by atoms with van der Waals surface area (Å²) in [5.41, 5.74) is 0.929. The highest BCUT2D eigenvalue weighted by Gasteiger charge is 2.24. The zero-order chi connectivity index (χ0) is 17.7. The number of hydrogen-bond donors (Lipinski definition) is 1. The number of aliphatic hydroxyl groups excluding tert-OH is 1. The molecule has 0 radical (unpaired) electrons. The van der Waals surface area contributed by atoms with Gasteiger partial charge < -0.3 is 9.63 Å². The van der Waals surface area contributed by atoms with Crippen molar-refractivity contribution in [2.75, 3.05) is 26.0 Å². The smallest absolute Gasteiger partial charge is 0.297 e. The van der Waals surface area contributed by atoms with Gasteiger partial charge >= 0.3 is 0 Å². The molecular weight excluding hydrogens is 339 g/mol. The molecule has 0 saturated carbocycles. The fourth-order valence-electron chi connectivity index (χ4n) is 1.74. The molecule has 0 aromatic heterocycles. The average Bonchev–Trinajstić information content (AvgIpc) is 2.43. The van der Waals surface area contributed by atoms with Gasteiger partial charge in [-0.1, -0.05) is 31.5 Å². The minimum Gasteiger partial charge on any atom is -0.390 e. The number of aliphatic hydroxyl groups is 1. The Morgan fingerprint density at radius 1 is 1.17 bits per heavy atom. The van der Waals surface area contributed by atoms with Crippen LogP contribution in [-0.4, -0.2) is 45.7 Å². The van der Waals surface area contributed by atoms with E-state index in [1.54, 1.807) is 12.1 Å². The zero-order valence-electron chi connectivity index (χ0n) is 13.9. The van der Waals surface area contributed by atoms with Crippen LogP contribution in [0.5, 0.6) is 0 Å². The quantitative estimate of drug-likeness (QED) is 0.535. The van der Waals surface area contributed by atoms with Crippen molar-refractivity contribution in [3.05, 3.63) is 29.8 Å². The van der Waals surface area contributed by atoms with Crippen molar-refractivity contribution in [2.24, 2.45) is 5.92 Å². The summed E-state index contributed by atoms with van der Waals surface area (Å²) in [7, 11) is -6.93. The molecule has 0 aliphatic rings. The molecule has 8 heteroatoms. The zero-order valence-corrected chi connectivity index (χ0v) is 15.6. The van der Waals surface area contributed by atoms with E-state index in [-0.39, 0.29) is 17.0 Å². The molecule has 1 N–H and O–H groups in total. The van der Waals surface area contributed by atoms with Crippen LogP contribution in [0, 0.1) is 12.8 Å². The molecule has 132 valence electrons. The third kappa shape index (κ3) is 7.59. The SMILES string of the molecule is Cc1ccc(S(=O)(=O)OC[C@@H](O)CP(C)(=O)OCC(C)C)cc1. The molecule has 6 nitrogen and oxygen atoms in total. The minimum absolute atomic E-state index is 0.0195. The summed E-state index contributed by atoms with van der Waals surface area (Å²) in [6.45, 7) is 6.98. The van der Waals surface area contributed by atoms with E-state index >= 15 is 0 Å². The Hall–Kier alpha value is -0.720. The second-order valence-corrected chi connectivity index (χ2v) is 10.4. The van der Waals surface area contributed by atoms with E-state index in [1.807, 2.05) is 20.8 Å². The van der Waals surface area contributed by atoms with Gasteiger partial charge in [-0.05, 0) is 25.0 Å². The molecule has 0 spiro atoms. The van der Waals surface area contributed by atoms with Gasteiger partial charge in [0.05, 0.1) is 30.4 Å². The molecule has 0 saturated heterocycles. The third-order valence-corrected chi connectivity index (χ3v) is 6.02. The molecule has 1 aromatic carbocycles. The molecule has 0 amide bonds. The van der Waals surface area contributed by atoms with E-state index in [9.17, 15) is 18.1 Å². The highest BCUT2D eigenvalue weighted by molar-refractivity contribution is 7.86. The van der Waals surface area contributed by atoms with Crippen molar-refractivity contribution < 1.29 is 26.8 Å². The highest BCUT2D eigenvalue weighted by Crippen LogP contribution is 2.43. The summed E-state index contributed by atoms with van der Waals surface area (Å²) in [6, 6.07) is 6.19. The second-order valence-electron chi connectivity index (χ2n) is 6.09. The maximum atomic E-state index is 12.2. The van der Waals surface area contributed by atoms with E-state index < -0.39 is 30.2 Å². The van der Waals surface area contributed by atoms with Crippen molar-refractivity contribution in [3.8, 4) is 0 Å². The minimum atomic E-state index is -3.94. The Labute approximate surface area is 138 Å². The van der Waals surface area contributed by atoms with Crippen LogP contribution in [-0.2, 0) is 23.4 Å². The lowest BCUT2D eigenvalue weighted by atomic mass is 10.2. The highest BCUT2D eigenvalue weighted by atomic mass is 32.2. The molecule has 0 heterocycles. The Balaban J connectivity index is 2.56. The fraction of sp³-hybridized carbons (Fsp3) is 0.600. The lowest BCUT2D eigenvalue weighted by Gasteiger charge is -2.18. The van der Waals surface area contributed by atoms with Crippen LogP contribution in [0.3, 0.4) is 0 Å². The average molecular weight is 364 g/mol. The van der Waals surface area contributed by atoms with Gasteiger partial charge in [0, 0.05) is 6.66 Å². The largest absolute Gasteiger partial charge is 0.390 e. The third-order valence-electron chi connectivity index (χ3n) is 2.95. The molecule has 0 aliphatic heterocycles. The first-order chi connectivity index (χ1) is 10.5. The first-order valence-electron chi connectivity index (χ1n) is 7.37. The van der Waals surface area contributed by atoms with Crippen molar-refractivity contribution >= 4 is 17.5 Å². The van der Waals surface area contributed by atoms with Crippen LogP contribution in [0.1, 0.15) is 19.4 Å². The van der Waals surface area contributed by atoms with Crippen LogP contribution < -0.4 is 0 Å². The van der Waals surface area contributed by atoms with Gasteiger partial charge in [-0.3, -0.25) is 8.75 Å². The Bertz CT molecular complexity index is 638. The first-order valence-corrected chi connectivity index (χ1v) is 11.0. The van der Waals surface area contributed by atoms with Crippen LogP contribution in [0.4, 0.5) is 0 Å². The predicted octanol–water partition coefficient (Wildman–Crippen LogP) is 2.64. The summed E-state index contributed by atoms with van der Waals surface area (Å²) < 4.78 is 46.3. The summed E-state index contributed by atoms with van der Waals surface area (Å²) in [6.07, 6.45) is -1.33. The second kappa shape index (κ2) is 8.40. The van der Waals surface area contributed by atoms with E-state index in [2.05, 4.69) is 0 Å². The lowest BCUT2D eigenvalue weighted by Crippen LogP contribution is -2.23. The maximum absolute atomic E-state index is 12.2. The maximum Gasteiger partial charge on any atom is 0.297 e. The van der Waals surface area contributed by atoms with Crippen LogP contribution >= 0.6 is 7.37 Å². The van der Waals surface area contributed by atoms with E-state index in [0.29, 0.717) is 6.61 Å². The van der Waals surface area contributed by atoms with Gasteiger partial charge in [0.1, 0.15) is 0 Å². The van der Waals surface area contributed by atoms with Gasteiger partial charge in [-0.2, -0.15) is 8.42 Å². The fourth-order valence-corrected chi connectivity index (χ4v) is 4.27. The number of rotatable bonds is 9. The Morgan fingerprint density at radius 3 is 2.26 bits per heavy atom. The van der Waals surface area contributed by atoms with Gasteiger partial charge in [0.15, 0.2) is 0 Å². The molecule has 0 bridgehead atoms. The van der Waals surface area contributed by atoms with Crippen molar-refractivity contribution in [2.45, 2.75) is 31.8 Å². The van der Waals surface area contributed by atoms with Crippen molar-refractivity contribution in [3.63, 3.8) is 0 Å². The molecule has 23 heavy (non-hydrogen) atoms. The van der Waals surface area contributed by atoms with Gasteiger partial charge in [-0.15, -0.1) is 0 Å². The molecule has 2 atom stereocenters. The topological polar surface area (TPSA) is 89.9 Å². The molecule has 1 unspecified atom stereocenters. The Morgan fingerprint density at radius 2 is 1.74 bits per heavy atom. The van der Waals surface area contributed by atoms with E-state index in [0.717, 1.165) is 5.56 Å². The Kier molecular flexibility index (Phi) is 7.42. The predicted molar refractivity (Wildman–Crippen MR) is 89.5 cm³/mol. The summed E-state index contributed by atoms with van der Waals surface area (Å²) in [5, 5.41) is 9.86. The first kappa shape index (κ1) is 20.3. The van der Waals surface area contributed by atoms with Crippen molar-refractivity contribution in [1.29, 1.82) is 0 Å². The molecular formula is C15H25O6PS. The van der Waals surface area contributed by atoms with Crippen LogP contribution in [0.15, 0.2) is 29.2 Å². The normalized spacial score (nSPS) is 16.3. The van der Waals surface area contributed by atoms with Crippen LogP contribution in [0.2, 0.25) is 0 Å². The summed E-state index contributed by atoms with van der Waals surface area (Å²) in [4.78, 5) is 0.0195. The van der Waals surface area contributed by atoms with Gasteiger partial charge in [0.2, 0.25) is 7.37 Å². The van der Waals surface area contributed by atoms with Gasteiger partial charge in [0.25, 0.3) is 10.1 Å². The molecule has 1 aromatic rings. The number of aryl methyl sites for hydroxylation is 1. The summed E-state index contributed by atoms with van der Waals surface area (Å²) in [5.74, 6) is 0.221. The molecule has 0 fully saturated rings. The van der Waals surface area contributed by atoms with E-state index in [4.69, 9.17) is 8.71 Å². The monoisotopic (exact) mass is 364 g/mol. The standard InChI is InChI=1S/C15H25O6PS/c1-12(2)9-20-22(4,17)11-14(16)10-21-23(18,19)15-7-5-13(3)6-8-15/h5-8,12,14,16H,9-11H2,1-4H3/t14-,22?/m1/s1. The molecule has 0 aliphatic carbocycles. The number of benzene rings is 1.